The van der Waals surface area contributed by atoms with E-state index >= 15 is 0 Å². The van der Waals surface area contributed by atoms with Crippen molar-refractivity contribution in [2.45, 2.75) is 119 Å². The molecule has 10 heterocycles. The van der Waals surface area contributed by atoms with E-state index in [2.05, 4.69) is 150 Å². The average Bonchev–Trinajstić information content (AvgIpc) is 1.64. The number of aryl methyl sites for hydroxylation is 12. The number of imidazole rings is 2. The summed E-state index contributed by atoms with van der Waals surface area (Å²) < 4.78 is 26.7. The van der Waals surface area contributed by atoms with E-state index in [1.165, 1.54) is 7.11 Å². The Hall–Kier alpha value is -10.3. The zero-order valence-electron chi connectivity index (χ0n) is 58.0. The fourth-order valence-electron chi connectivity index (χ4n) is 11.4. The number of nitrogens with zero attached hydrogens (tertiary/aromatic N) is 18. The van der Waals surface area contributed by atoms with Crippen LogP contribution in [-0.4, -0.2) is 152 Å². The molecule has 0 saturated heterocycles. The number of aromatic carboxylic acids is 1. The van der Waals surface area contributed by atoms with Crippen LogP contribution in [0.4, 0.5) is 0 Å². The predicted octanol–water partition coefficient (Wildman–Crippen LogP) is 16.8. The molecule has 0 aliphatic heterocycles. The highest BCUT2D eigenvalue weighted by Gasteiger charge is 2.23. The first-order valence-electron chi connectivity index (χ1n) is 32.0. The number of H-pyrrole nitrogens is 2. The molecular weight excluding hydrogens is 1630 g/mol. The first-order valence-corrected chi connectivity index (χ1v) is 35.5. The Kier molecular flexibility index (Phi) is 30.8. The van der Waals surface area contributed by atoms with Crippen LogP contribution in [-0.2, 0) is 63.8 Å². The zero-order valence-corrected chi connectivity index (χ0v) is 64.3. The minimum atomic E-state index is -0.940. The Morgan fingerprint density at radius 2 is 0.813 bits per heavy atom. The van der Waals surface area contributed by atoms with E-state index in [4.69, 9.17) is 14.6 Å². The molecule has 0 amide bonds. The maximum atomic E-state index is 12.5. The number of fused-ring (bicyclic) bond motifs is 4. The van der Waals surface area contributed by atoms with Crippen molar-refractivity contribution in [1.29, 1.82) is 0 Å². The molecule has 0 unspecified atom stereocenters. The molecule has 0 atom stereocenters. The first-order chi connectivity index (χ1) is 48.8. The molecule has 10 aromatic heterocycles. The average molecular weight is 1720 g/mol. The number of rotatable bonds is 16. The van der Waals surface area contributed by atoms with Crippen molar-refractivity contribution in [3.05, 3.63) is 174 Å². The van der Waals surface area contributed by atoms with Crippen LogP contribution in [0.5, 0.6) is 0 Å². The first kappa shape index (κ1) is 87.3. The molecule has 107 heavy (non-hydrogen) atoms. The zero-order chi connectivity index (χ0) is 73.5. The topological polar surface area (TPSA) is 324 Å². The third-order valence-corrected chi connectivity index (χ3v) is 18.2. The van der Waals surface area contributed by atoms with Crippen LogP contribution in [0.3, 0.4) is 0 Å². The van der Waals surface area contributed by atoms with E-state index in [1.54, 1.807) is 92.6 Å². The van der Waals surface area contributed by atoms with Gasteiger partial charge in [-0.2, -0.15) is 40.8 Å². The number of halogens is 4. The van der Waals surface area contributed by atoms with Crippen molar-refractivity contribution in [3.63, 3.8) is 0 Å². The molecule has 568 valence electrons. The Morgan fingerprint density at radius 1 is 0.449 bits per heavy atom. The van der Waals surface area contributed by atoms with E-state index < -0.39 is 17.9 Å². The fraction of sp³-hybridized carbons (Fsp3) is 0.320. The maximum Gasteiger partial charge on any atom is 0.339 e. The Labute approximate surface area is 654 Å². The van der Waals surface area contributed by atoms with Crippen LogP contribution in [0.2, 0.25) is 0 Å². The van der Waals surface area contributed by atoms with Gasteiger partial charge in [-0.05, 0) is 128 Å². The Morgan fingerprint density at radius 3 is 1.23 bits per heavy atom. The second kappa shape index (κ2) is 37.8. The van der Waals surface area contributed by atoms with E-state index in [0.717, 1.165) is 128 Å². The number of carbonyl (C=O) groups is 5. The number of esters is 2. The molecule has 3 N–H and O–H groups in total. The number of carboxylic acid groups (broad SMARTS) is 1. The number of benzene rings is 4. The van der Waals surface area contributed by atoms with Gasteiger partial charge >= 0.3 is 17.9 Å². The summed E-state index contributed by atoms with van der Waals surface area (Å²) >= 11 is 13.4. The lowest BCUT2D eigenvalue weighted by Crippen LogP contribution is -2.18. The van der Waals surface area contributed by atoms with Crippen molar-refractivity contribution in [1.82, 2.24) is 98.2 Å². The number of ether oxygens (including phenoxy) is 2. The summed E-state index contributed by atoms with van der Waals surface area (Å²) in [4.78, 5) is 75.0. The number of methoxy groups -OCH3 is 1. The van der Waals surface area contributed by atoms with Crippen molar-refractivity contribution in [2.24, 2.45) is 28.2 Å². The van der Waals surface area contributed by atoms with E-state index in [0.29, 0.717) is 51.0 Å². The fourth-order valence-corrected chi connectivity index (χ4v) is 13.0. The van der Waals surface area contributed by atoms with Gasteiger partial charge in [0.05, 0.1) is 134 Å². The van der Waals surface area contributed by atoms with E-state index in [-0.39, 0.29) is 60.9 Å². The van der Waals surface area contributed by atoms with Crippen molar-refractivity contribution >= 4 is 137 Å². The van der Waals surface area contributed by atoms with Gasteiger partial charge in [0.15, 0.2) is 12.4 Å². The Balaban J connectivity index is 0.000000244. The van der Waals surface area contributed by atoms with Crippen LogP contribution in [0.15, 0.2) is 123 Å². The number of ketones is 2. The highest BCUT2D eigenvalue weighted by molar-refractivity contribution is 9.11. The van der Waals surface area contributed by atoms with E-state index in [9.17, 15) is 24.0 Å². The highest BCUT2D eigenvalue weighted by atomic mass is 79.9. The smallest absolute Gasteiger partial charge is 0.339 e. The van der Waals surface area contributed by atoms with Gasteiger partial charge in [0.25, 0.3) is 0 Å². The second-order valence-electron chi connectivity index (χ2n) is 23.3. The quantitative estimate of drug-likeness (QED) is 0.0460. The number of carbonyl (C=O) groups excluding carboxylic acids is 4. The molecule has 0 saturated carbocycles. The highest BCUT2D eigenvalue weighted by Crippen LogP contribution is 2.34. The molecule has 0 fully saturated rings. The Bertz CT molecular complexity index is 5460. The summed E-state index contributed by atoms with van der Waals surface area (Å²) in [6.07, 6.45) is 10.5. The van der Waals surface area contributed by atoms with Gasteiger partial charge in [-0.3, -0.25) is 47.0 Å². The molecule has 0 radical (unpaired) electrons. The third-order valence-electron chi connectivity index (χ3n) is 16.3. The summed E-state index contributed by atoms with van der Waals surface area (Å²) in [6, 6.07) is 22.2. The number of alkyl halides is 1. The van der Waals surface area contributed by atoms with Crippen LogP contribution in [0, 0.1) is 27.7 Å². The molecule has 4 aromatic carbocycles. The molecule has 0 bridgehead atoms. The van der Waals surface area contributed by atoms with Gasteiger partial charge < -0.3 is 24.5 Å². The second-order valence-corrected chi connectivity index (χ2v) is 26.6. The maximum absolute atomic E-state index is 12.5. The number of aromatic amines is 2. The minimum Gasteiger partial charge on any atom is -0.478 e. The van der Waals surface area contributed by atoms with Crippen LogP contribution in [0.1, 0.15) is 140 Å². The largest absolute Gasteiger partial charge is 0.478 e. The number of carboxylic acids is 1. The predicted molar refractivity (Wildman–Crippen MR) is 434 cm³/mol. The van der Waals surface area contributed by atoms with Crippen LogP contribution >= 0.6 is 63.7 Å². The van der Waals surface area contributed by atoms with Crippen molar-refractivity contribution in [2.75, 3.05) is 19.0 Å². The molecule has 0 spiro atoms. The number of nitrogens with one attached hydrogen (secondary N) is 2. The summed E-state index contributed by atoms with van der Waals surface area (Å²) in [5.74, 6) is -0.617. The summed E-state index contributed by atoms with van der Waals surface area (Å²) in [7, 11) is 8.72. The lowest BCUT2D eigenvalue weighted by molar-refractivity contribution is 0.0473. The van der Waals surface area contributed by atoms with Gasteiger partial charge in [-0.15, -0.1) is 0 Å². The molecule has 0 aliphatic carbocycles. The van der Waals surface area contributed by atoms with Gasteiger partial charge in [-0.1, -0.05) is 101 Å². The molecular formula is C75H92Br4N20O8. The molecule has 14 rings (SSSR count). The van der Waals surface area contributed by atoms with Crippen molar-refractivity contribution in [3.8, 4) is 45.6 Å². The SMILES string of the molecule is C.C.C.C.C.CCn1nc(C)cc1-c1cnc(-c2cc(Br)cc3c2cnn3C)[nH]1.CCn1nc(C)cc1-c1cnc(-c2cc(C(=O)OC)cc3c2cnn3C)[nH]1.CCn1nc(C)cc1C(=O)CBr.CCn1nc(C)cc1C(=O)COC(=O)c1cc(Br)cc2c1cnn2C.Cn1ncc2c(C(=O)O)cc(Br)cc21. The number of hydrogen-bond donors (Lipinski definition) is 3. The van der Waals surface area contributed by atoms with Crippen molar-refractivity contribution < 1.29 is 38.6 Å². The lowest BCUT2D eigenvalue weighted by Gasteiger charge is -2.07. The molecule has 14 aromatic rings. The minimum absolute atomic E-state index is 0. The number of aromatic nitrogens is 20. The number of Topliss-reactive ketones (excluding diaryl/α,β-unsaturated/α-hetero) is 2. The van der Waals surface area contributed by atoms with Gasteiger partial charge in [0.1, 0.15) is 23.0 Å². The lowest BCUT2D eigenvalue weighted by atomic mass is 10.1. The summed E-state index contributed by atoms with van der Waals surface area (Å²) in [6.45, 7) is 18.2. The molecule has 32 heteroatoms. The van der Waals surface area contributed by atoms with Gasteiger partial charge in [0, 0.05) is 100 Å². The summed E-state index contributed by atoms with van der Waals surface area (Å²) in [5.41, 5.74) is 15.0. The van der Waals surface area contributed by atoms with Crippen LogP contribution < -0.4 is 0 Å². The van der Waals surface area contributed by atoms with E-state index in [1.807, 2.05) is 113 Å². The van der Waals surface area contributed by atoms with Gasteiger partial charge in [-0.25, -0.2) is 24.4 Å². The number of hydrogen-bond acceptors (Lipinski definition) is 17. The molecule has 0 aliphatic rings. The van der Waals surface area contributed by atoms with Gasteiger partial charge in [0.2, 0.25) is 5.78 Å². The molecule has 28 nitrogen and oxygen atoms in total. The third kappa shape index (κ3) is 19.3. The standard InChI is InChI=1S/C19H20N6O2.C17H17BrN6.C17H17BrN4O3.C9H7BrN2O2.C8H11BrN2O.5CH4/c1-5-25-17(6-11(2)23-25)15-10-20-18(22-15)13-7-12(19(26)27-4)8-16-14(13)9-21-24(16)3;1-4-24-16(5-10(2)22-24)14-9-19-17(21-14)12-6-11(18)7-15-13(12)8-20-23(15)3;1-4-22-15(5-10(2)20-22)16(23)9-25-17(24)12-6-11(18)7-14-13(12)8-19-21(14)3;1-12-8-3-5(10)2-6(9(13)14)7(8)4-11-12;1-3-11-7(8(12)5-9)4-6(2)10-11;;;;;/h6-10H,5H2,1-4H3,(H,20,22);5-9H,4H2,1-3H3,(H,19,21);5-8H,4,9H2,1-3H3;2-4H,1H3,(H,13,14);4H,3,5H2,1-2H3;5*1H4. The van der Waals surface area contributed by atoms with Crippen LogP contribution in [0.25, 0.3) is 89.2 Å². The normalized spacial score (nSPS) is 10.6. The monoisotopic (exact) mass is 1720 g/mol. The summed E-state index contributed by atoms with van der Waals surface area (Å²) in [5, 5.41) is 46.9.